The van der Waals surface area contributed by atoms with Gasteiger partial charge in [-0.2, -0.15) is 0 Å². The van der Waals surface area contributed by atoms with E-state index in [0.717, 1.165) is 17.1 Å². The van der Waals surface area contributed by atoms with Gasteiger partial charge in [0.1, 0.15) is 29.0 Å². The molecule has 1 amide bonds. The number of para-hydroxylation sites is 1. The molecule has 0 aliphatic carbocycles. The molecule has 0 aliphatic heterocycles. The number of hydrogen-bond donors (Lipinski definition) is 2. The number of ether oxygens (including phenoxy) is 1. The topological polar surface area (TPSA) is 78.8 Å². The predicted molar refractivity (Wildman–Crippen MR) is 153 cm³/mol. The summed E-state index contributed by atoms with van der Waals surface area (Å²) in [7, 11) is 5.62. The summed E-state index contributed by atoms with van der Waals surface area (Å²) in [6, 6.07) is 23.3. The van der Waals surface area contributed by atoms with Gasteiger partial charge in [0.25, 0.3) is 0 Å². The number of benzene rings is 2. The van der Waals surface area contributed by atoms with Crippen molar-refractivity contribution in [1.29, 1.82) is 0 Å². The van der Waals surface area contributed by atoms with Gasteiger partial charge in [-0.1, -0.05) is 55.0 Å². The molecule has 7 heteroatoms. The Balaban J connectivity index is 1.62. The summed E-state index contributed by atoms with van der Waals surface area (Å²) in [4.78, 5) is 23.0. The van der Waals surface area contributed by atoms with Gasteiger partial charge in [-0.05, 0) is 69.1 Å². The fraction of sp³-hybridized carbons (Fsp3) is 0.233. The second kappa shape index (κ2) is 13.8. The molecule has 0 spiro atoms. The van der Waals surface area contributed by atoms with Crippen LogP contribution in [0.4, 0.5) is 11.6 Å². The highest BCUT2D eigenvalue weighted by molar-refractivity contribution is 6.04. The molecule has 1 heterocycles. The molecule has 0 saturated carbocycles. The normalized spacial score (nSPS) is 13.0. The van der Waals surface area contributed by atoms with Crippen molar-refractivity contribution in [1.82, 2.24) is 9.88 Å². The van der Waals surface area contributed by atoms with Crippen LogP contribution in [0.2, 0.25) is 0 Å². The van der Waals surface area contributed by atoms with E-state index in [0.29, 0.717) is 24.0 Å². The van der Waals surface area contributed by atoms with E-state index in [1.54, 1.807) is 19.2 Å². The molecule has 0 aliphatic rings. The fourth-order valence-corrected chi connectivity index (χ4v) is 3.45. The lowest BCUT2D eigenvalue weighted by Crippen LogP contribution is -2.15. The number of amides is 1. The van der Waals surface area contributed by atoms with Crippen LogP contribution in [0, 0.1) is 0 Å². The largest absolute Gasteiger partial charge is 0.457 e. The highest BCUT2D eigenvalue weighted by atomic mass is 16.5. The lowest BCUT2D eigenvalue weighted by molar-refractivity contribution is -0.111. The van der Waals surface area contributed by atoms with Gasteiger partial charge in [0.15, 0.2) is 0 Å². The Morgan fingerprint density at radius 2 is 1.62 bits per heavy atom. The van der Waals surface area contributed by atoms with Crippen LogP contribution in [0.15, 0.2) is 102 Å². The molecule has 2 aromatic carbocycles. The SMILES string of the molecule is CN=C(C=C(C)C(C)c1ccc(Oc2ccccc2)cc1)Nc1cccc(NC(=O)C=CCN(C)C)n1. The number of allylic oxidation sites excluding steroid dienone is 1. The minimum atomic E-state index is -0.222. The number of carbonyl (C=O) groups is 1. The zero-order chi connectivity index (χ0) is 26.6. The number of nitrogens with one attached hydrogen (secondary N) is 2. The third kappa shape index (κ3) is 9.05. The van der Waals surface area contributed by atoms with Crippen molar-refractivity contribution in [2.45, 2.75) is 19.8 Å². The van der Waals surface area contributed by atoms with Crippen molar-refractivity contribution >= 4 is 23.4 Å². The van der Waals surface area contributed by atoms with Crippen molar-refractivity contribution in [3.8, 4) is 11.5 Å². The molecule has 0 bridgehead atoms. The highest BCUT2D eigenvalue weighted by Gasteiger charge is 2.10. The molecule has 0 radical (unpaired) electrons. The van der Waals surface area contributed by atoms with Gasteiger partial charge in [-0.25, -0.2) is 4.98 Å². The maximum Gasteiger partial charge on any atom is 0.249 e. The number of aromatic nitrogens is 1. The minimum absolute atomic E-state index is 0.178. The lowest BCUT2D eigenvalue weighted by Gasteiger charge is -2.15. The third-order valence-corrected chi connectivity index (χ3v) is 5.64. The summed E-state index contributed by atoms with van der Waals surface area (Å²) in [5, 5.41) is 6.03. The molecular weight excluding hydrogens is 462 g/mol. The molecule has 3 aromatic rings. The first-order chi connectivity index (χ1) is 17.8. The van der Waals surface area contributed by atoms with Crippen LogP contribution in [-0.4, -0.2) is 49.3 Å². The number of pyridine rings is 1. The Morgan fingerprint density at radius 3 is 2.27 bits per heavy atom. The molecule has 1 unspecified atom stereocenters. The van der Waals surface area contributed by atoms with Crippen molar-refractivity contribution in [3.05, 3.63) is 102 Å². The summed E-state index contributed by atoms with van der Waals surface area (Å²) in [5.74, 6) is 3.30. The summed E-state index contributed by atoms with van der Waals surface area (Å²) in [6.07, 6.45) is 5.32. The molecule has 2 N–H and O–H groups in total. The zero-order valence-electron chi connectivity index (χ0n) is 22.1. The molecule has 1 atom stereocenters. The van der Waals surface area contributed by atoms with Crippen LogP contribution in [0.5, 0.6) is 11.5 Å². The average molecular weight is 498 g/mol. The molecule has 0 fully saturated rings. The van der Waals surface area contributed by atoms with E-state index in [1.165, 1.54) is 11.6 Å². The maximum absolute atomic E-state index is 12.1. The van der Waals surface area contributed by atoms with Crippen LogP contribution in [0.1, 0.15) is 25.3 Å². The van der Waals surface area contributed by atoms with Crippen molar-refractivity contribution in [2.75, 3.05) is 38.3 Å². The van der Waals surface area contributed by atoms with E-state index in [1.807, 2.05) is 79.7 Å². The average Bonchev–Trinajstić information content (AvgIpc) is 2.89. The monoisotopic (exact) mass is 497 g/mol. The predicted octanol–water partition coefficient (Wildman–Crippen LogP) is 6.12. The molecule has 1 aromatic heterocycles. The van der Waals surface area contributed by atoms with Crippen LogP contribution in [0.3, 0.4) is 0 Å². The highest BCUT2D eigenvalue weighted by Crippen LogP contribution is 2.27. The number of carbonyl (C=O) groups excluding carboxylic acids is 1. The van der Waals surface area contributed by atoms with Crippen molar-refractivity contribution in [2.24, 2.45) is 4.99 Å². The van der Waals surface area contributed by atoms with Crippen LogP contribution in [0.25, 0.3) is 0 Å². The second-order valence-electron chi connectivity index (χ2n) is 8.89. The van der Waals surface area contributed by atoms with E-state index in [9.17, 15) is 4.79 Å². The number of anilines is 2. The van der Waals surface area contributed by atoms with Gasteiger partial charge in [-0.3, -0.25) is 9.79 Å². The first kappa shape index (κ1) is 27.4. The first-order valence-electron chi connectivity index (χ1n) is 12.2. The van der Waals surface area contributed by atoms with Crippen LogP contribution >= 0.6 is 0 Å². The fourth-order valence-electron chi connectivity index (χ4n) is 3.45. The molecular formula is C30H35N5O2. The maximum atomic E-state index is 12.1. The molecule has 3 rings (SSSR count). The number of hydrogen-bond acceptors (Lipinski definition) is 5. The van der Waals surface area contributed by atoms with Gasteiger partial charge in [0.05, 0.1) is 0 Å². The van der Waals surface area contributed by atoms with Gasteiger partial charge in [0, 0.05) is 25.6 Å². The second-order valence-corrected chi connectivity index (χ2v) is 8.89. The number of rotatable bonds is 10. The Bertz CT molecular complexity index is 1250. The van der Waals surface area contributed by atoms with Gasteiger partial charge >= 0.3 is 0 Å². The Hall–Kier alpha value is -4.23. The smallest absolute Gasteiger partial charge is 0.249 e. The first-order valence-corrected chi connectivity index (χ1v) is 12.2. The lowest BCUT2D eigenvalue weighted by atomic mass is 9.93. The Kier molecular flexibility index (Phi) is 10.2. The van der Waals surface area contributed by atoms with Crippen LogP contribution < -0.4 is 15.4 Å². The Morgan fingerprint density at radius 1 is 0.973 bits per heavy atom. The standard InChI is InChI=1S/C30H35N5O2/c1-22(23(2)24-16-18-26(19-17-24)37-25-11-7-6-8-12-25)21-29(31-3)33-27-13-9-14-28(32-27)34-30(36)15-10-20-35(4)5/h6-19,21,23H,20H2,1-5H3,(H2,31,32,33,34,36). The van der Waals surface area contributed by atoms with Gasteiger partial charge in [-0.15, -0.1) is 0 Å². The minimum Gasteiger partial charge on any atom is -0.457 e. The van der Waals surface area contributed by atoms with E-state index < -0.39 is 0 Å². The molecule has 37 heavy (non-hydrogen) atoms. The summed E-state index contributed by atoms with van der Waals surface area (Å²) in [6.45, 7) is 4.93. The third-order valence-electron chi connectivity index (χ3n) is 5.64. The summed E-state index contributed by atoms with van der Waals surface area (Å²) >= 11 is 0. The molecule has 0 saturated heterocycles. The van der Waals surface area contributed by atoms with Gasteiger partial charge < -0.3 is 20.3 Å². The number of likely N-dealkylation sites (N-methyl/N-ethyl adjacent to an activating group) is 1. The summed E-state index contributed by atoms with van der Waals surface area (Å²) < 4.78 is 5.90. The number of aliphatic imine (C=N–C) groups is 1. The van der Waals surface area contributed by atoms with E-state index in [2.05, 4.69) is 46.6 Å². The molecule has 192 valence electrons. The van der Waals surface area contributed by atoms with Gasteiger partial charge in [0.2, 0.25) is 5.91 Å². The van der Waals surface area contributed by atoms with Crippen LogP contribution in [-0.2, 0) is 4.79 Å². The molecule has 7 nitrogen and oxygen atoms in total. The number of nitrogens with zero attached hydrogens (tertiary/aromatic N) is 3. The van der Waals surface area contributed by atoms with E-state index in [4.69, 9.17) is 4.74 Å². The summed E-state index contributed by atoms with van der Waals surface area (Å²) in [5.41, 5.74) is 2.31. The van der Waals surface area contributed by atoms with E-state index in [-0.39, 0.29) is 11.8 Å². The quantitative estimate of drug-likeness (QED) is 0.200. The van der Waals surface area contributed by atoms with Crippen molar-refractivity contribution in [3.63, 3.8) is 0 Å². The Labute approximate surface area is 219 Å². The van der Waals surface area contributed by atoms with E-state index >= 15 is 0 Å². The zero-order valence-corrected chi connectivity index (χ0v) is 22.1. The number of amidine groups is 1. The van der Waals surface area contributed by atoms with Crippen molar-refractivity contribution < 1.29 is 9.53 Å².